The lowest BCUT2D eigenvalue weighted by Gasteiger charge is -2.03. The SMILES string of the molecule is CCCCN=C(C)NC(C)=NC. The lowest BCUT2D eigenvalue weighted by molar-refractivity contribution is 0.805. The Labute approximate surface area is 75.0 Å². The van der Waals surface area contributed by atoms with Crippen LogP contribution in [0.15, 0.2) is 9.98 Å². The molecule has 3 nitrogen and oxygen atoms in total. The van der Waals surface area contributed by atoms with E-state index < -0.39 is 0 Å². The van der Waals surface area contributed by atoms with Gasteiger partial charge in [0.05, 0.1) is 11.7 Å². The molecule has 0 aliphatic heterocycles. The van der Waals surface area contributed by atoms with Gasteiger partial charge in [-0.2, -0.15) is 0 Å². The highest BCUT2D eigenvalue weighted by Gasteiger charge is 1.90. The van der Waals surface area contributed by atoms with Gasteiger partial charge < -0.3 is 5.32 Å². The van der Waals surface area contributed by atoms with E-state index in [1.54, 1.807) is 7.05 Å². The number of hydrogen-bond acceptors (Lipinski definition) is 2. The molecule has 0 unspecified atom stereocenters. The standard InChI is InChI=1S/C9H19N3/c1-5-6-7-11-9(3)12-8(2)10-4/h5-7H2,1-4H3,(H,10,11,12). The normalized spacial score (nSPS) is 13.3. The van der Waals surface area contributed by atoms with Crippen molar-refractivity contribution in [1.82, 2.24) is 5.32 Å². The van der Waals surface area contributed by atoms with Crippen molar-refractivity contribution in [2.45, 2.75) is 33.6 Å². The molecule has 12 heavy (non-hydrogen) atoms. The van der Waals surface area contributed by atoms with Crippen molar-refractivity contribution in [3.8, 4) is 0 Å². The molecule has 0 aromatic carbocycles. The molecule has 0 aromatic rings. The Bertz CT molecular complexity index is 171. The largest absolute Gasteiger partial charge is 0.333 e. The molecule has 70 valence electrons. The maximum absolute atomic E-state index is 4.33. The summed E-state index contributed by atoms with van der Waals surface area (Å²) in [6.45, 7) is 6.96. The highest BCUT2D eigenvalue weighted by atomic mass is 15.0. The molecule has 0 radical (unpaired) electrons. The summed E-state index contributed by atoms with van der Waals surface area (Å²) in [6.07, 6.45) is 2.35. The zero-order valence-corrected chi connectivity index (χ0v) is 8.52. The van der Waals surface area contributed by atoms with E-state index in [1.807, 2.05) is 13.8 Å². The molecule has 0 heterocycles. The molecule has 0 aromatic heterocycles. The van der Waals surface area contributed by atoms with Gasteiger partial charge in [-0.25, -0.2) is 0 Å². The summed E-state index contributed by atoms with van der Waals surface area (Å²) in [5, 5.41) is 3.09. The maximum atomic E-state index is 4.33. The van der Waals surface area contributed by atoms with E-state index in [1.165, 1.54) is 6.42 Å². The third-order valence-corrected chi connectivity index (χ3v) is 1.56. The van der Waals surface area contributed by atoms with Crippen LogP contribution in [-0.2, 0) is 0 Å². The van der Waals surface area contributed by atoms with Gasteiger partial charge in [0, 0.05) is 13.6 Å². The number of nitrogens with one attached hydrogen (secondary N) is 1. The smallest absolute Gasteiger partial charge is 0.0984 e. The first-order chi connectivity index (χ1) is 5.70. The molecule has 0 saturated heterocycles. The highest BCUT2D eigenvalue weighted by Crippen LogP contribution is 1.87. The fraction of sp³-hybridized carbons (Fsp3) is 0.778. The third-order valence-electron chi connectivity index (χ3n) is 1.56. The van der Waals surface area contributed by atoms with Crippen LogP contribution in [0, 0.1) is 0 Å². The van der Waals surface area contributed by atoms with E-state index in [2.05, 4.69) is 22.2 Å². The molecule has 0 aliphatic rings. The average molecular weight is 169 g/mol. The van der Waals surface area contributed by atoms with Crippen LogP contribution in [0.3, 0.4) is 0 Å². The lowest BCUT2D eigenvalue weighted by atomic mass is 10.3. The summed E-state index contributed by atoms with van der Waals surface area (Å²) >= 11 is 0. The van der Waals surface area contributed by atoms with Crippen molar-refractivity contribution in [3.05, 3.63) is 0 Å². The van der Waals surface area contributed by atoms with Crippen LogP contribution >= 0.6 is 0 Å². The molecule has 0 bridgehead atoms. The summed E-state index contributed by atoms with van der Waals surface area (Å²) in [5.74, 6) is 1.86. The van der Waals surface area contributed by atoms with Gasteiger partial charge in [0.2, 0.25) is 0 Å². The second-order valence-electron chi connectivity index (χ2n) is 2.75. The predicted octanol–water partition coefficient (Wildman–Crippen LogP) is 1.84. The van der Waals surface area contributed by atoms with Gasteiger partial charge in [-0.05, 0) is 20.3 Å². The molecule has 0 aliphatic carbocycles. The first kappa shape index (κ1) is 11.1. The molecule has 1 N–H and O–H groups in total. The number of amidine groups is 2. The summed E-state index contributed by atoms with van der Waals surface area (Å²) in [5.41, 5.74) is 0. The van der Waals surface area contributed by atoms with Crippen molar-refractivity contribution in [2.75, 3.05) is 13.6 Å². The Morgan fingerprint density at radius 3 is 2.42 bits per heavy atom. The van der Waals surface area contributed by atoms with Crippen LogP contribution in [0.5, 0.6) is 0 Å². The third kappa shape index (κ3) is 5.89. The monoisotopic (exact) mass is 169 g/mol. The Kier molecular flexibility index (Phi) is 6.34. The molecule has 0 spiro atoms. The van der Waals surface area contributed by atoms with Crippen LogP contribution in [0.25, 0.3) is 0 Å². The van der Waals surface area contributed by atoms with Gasteiger partial charge in [-0.1, -0.05) is 13.3 Å². The fourth-order valence-corrected chi connectivity index (χ4v) is 0.762. The zero-order chi connectivity index (χ0) is 9.40. The second-order valence-corrected chi connectivity index (χ2v) is 2.75. The average Bonchev–Trinajstić information content (AvgIpc) is 2.05. The van der Waals surface area contributed by atoms with E-state index in [-0.39, 0.29) is 0 Å². The minimum absolute atomic E-state index is 0.909. The minimum atomic E-state index is 0.909. The van der Waals surface area contributed by atoms with Gasteiger partial charge >= 0.3 is 0 Å². The molecule has 0 rings (SSSR count). The molecule has 0 fully saturated rings. The van der Waals surface area contributed by atoms with Crippen molar-refractivity contribution in [3.63, 3.8) is 0 Å². The number of aliphatic imine (C=N–C) groups is 2. The van der Waals surface area contributed by atoms with E-state index in [0.29, 0.717) is 0 Å². The maximum Gasteiger partial charge on any atom is 0.0984 e. The summed E-state index contributed by atoms with van der Waals surface area (Å²) in [6, 6.07) is 0. The van der Waals surface area contributed by atoms with E-state index in [0.717, 1.165) is 24.6 Å². The first-order valence-electron chi connectivity index (χ1n) is 4.42. The molecule has 0 saturated carbocycles. The first-order valence-corrected chi connectivity index (χ1v) is 4.42. The van der Waals surface area contributed by atoms with Gasteiger partial charge in [0.15, 0.2) is 0 Å². The van der Waals surface area contributed by atoms with E-state index in [4.69, 9.17) is 0 Å². The number of hydrogen-bond donors (Lipinski definition) is 1. The molecular formula is C9H19N3. The Morgan fingerprint density at radius 1 is 1.25 bits per heavy atom. The van der Waals surface area contributed by atoms with Crippen molar-refractivity contribution >= 4 is 11.7 Å². The van der Waals surface area contributed by atoms with Gasteiger partial charge in [-0.15, -0.1) is 0 Å². The van der Waals surface area contributed by atoms with Crippen LogP contribution in [0.4, 0.5) is 0 Å². The summed E-state index contributed by atoms with van der Waals surface area (Å²) < 4.78 is 0. The number of rotatable bonds is 3. The fourth-order valence-electron chi connectivity index (χ4n) is 0.762. The quantitative estimate of drug-likeness (QED) is 0.390. The molecule has 0 atom stereocenters. The van der Waals surface area contributed by atoms with Crippen molar-refractivity contribution in [1.29, 1.82) is 0 Å². The van der Waals surface area contributed by atoms with Gasteiger partial charge in [0.1, 0.15) is 0 Å². The topological polar surface area (TPSA) is 36.8 Å². The van der Waals surface area contributed by atoms with E-state index >= 15 is 0 Å². The highest BCUT2D eigenvalue weighted by molar-refractivity contribution is 5.98. The Hall–Kier alpha value is -0.860. The van der Waals surface area contributed by atoms with Crippen LogP contribution in [0.2, 0.25) is 0 Å². The Balaban J connectivity index is 3.70. The van der Waals surface area contributed by atoms with Gasteiger partial charge in [-0.3, -0.25) is 9.98 Å². The minimum Gasteiger partial charge on any atom is -0.333 e. The zero-order valence-electron chi connectivity index (χ0n) is 8.52. The van der Waals surface area contributed by atoms with Gasteiger partial charge in [0.25, 0.3) is 0 Å². The number of unbranched alkanes of at least 4 members (excludes halogenated alkanes) is 1. The Morgan fingerprint density at radius 2 is 1.92 bits per heavy atom. The molecule has 0 amide bonds. The van der Waals surface area contributed by atoms with Crippen molar-refractivity contribution < 1.29 is 0 Å². The van der Waals surface area contributed by atoms with Crippen molar-refractivity contribution in [2.24, 2.45) is 9.98 Å². The van der Waals surface area contributed by atoms with Crippen LogP contribution < -0.4 is 5.32 Å². The van der Waals surface area contributed by atoms with Crippen LogP contribution in [0.1, 0.15) is 33.6 Å². The molecule has 3 heteroatoms. The van der Waals surface area contributed by atoms with Crippen LogP contribution in [-0.4, -0.2) is 25.3 Å². The molecular weight excluding hydrogens is 150 g/mol. The lowest BCUT2D eigenvalue weighted by Crippen LogP contribution is -2.26. The van der Waals surface area contributed by atoms with E-state index in [9.17, 15) is 0 Å². The number of nitrogens with zero attached hydrogens (tertiary/aromatic N) is 2. The summed E-state index contributed by atoms with van der Waals surface area (Å²) in [4.78, 5) is 8.31. The predicted molar refractivity (Wildman–Crippen MR) is 55.1 cm³/mol. The second kappa shape index (κ2) is 6.83. The summed E-state index contributed by atoms with van der Waals surface area (Å²) in [7, 11) is 1.77.